The van der Waals surface area contributed by atoms with Crippen molar-refractivity contribution >= 4 is 5.69 Å². The summed E-state index contributed by atoms with van der Waals surface area (Å²) in [6.45, 7) is 0.505. The summed E-state index contributed by atoms with van der Waals surface area (Å²) in [5.74, 6) is -0.262. The molecule has 0 aliphatic heterocycles. The van der Waals surface area contributed by atoms with Gasteiger partial charge >= 0.3 is 5.69 Å². The third kappa shape index (κ3) is 3.76. The van der Waals surface area contributed by atoms with E-state index in [0.29, 0.717) is 12.1 Å². The van der Waals surface area contributed by atoms with Crippen molar-refractivity contribution in [2.75, 3.05) is 7.05 Å². The van der Waals surface area contributed by atoms with Gasteiger partial charge in [-0.2, -0.15) is 0 Å². The first-order chi connectivity index (χ1) is 10.1. The van der Waals surface area contributed by atoms with Crippen LogP contribution in [0.1, 0.15) is 11.1 Å². The fourth-order valence-electron chi connectivity index (χ4n) is 1.91. The molecule has 0 aliphatic carbocycles. The number of benzene rings is 2. The SMILES string of the molecule is CNCc1ccc([N+](=O)[O-])c(OCc2ccccc2F)c1. The Morgan fingerprint density at radius 2 is 2.05 bits per heavy atom. The molecule has 0 saturated carbocycles. The summed E-state index contributed by atoms with van der Waals surface area (Å²) in [6, 6.07) is 10.8. The summed E-state index contributed by atoms with van der Waals surface area (Å²) in [5.41, 5.74) is 1.07. The molecule has 0 bridgehead atoms. The molecule has 0 saturated heterocycles. The van der Waals surface area contributed by atoms with E-state index in [1.54, 1.807) is 37.4 Å². The molecule has 6 heteroatoms. The smallest absolute Gasteiger partial charge is 0.310 e. The minimum Gasteiger partial charge on any atom is -0.482 e. The summed E-state index contributed by atoms with van der Waals surface area (Å²) >= 11 is 0. The molecule has 2 aromatic rings. The number of nitrogens with zero attached hydrogens (tertiary/aromatic N) is 1. The Balaban J connectivity index is 2.22. The van der Waals surface area contributed by atoms with Gasteiger partial charge in [0, 0.05) is 18.2 Å². The van der Waals surface area contributed by atoms with Crippen LogP contribution in [-0.2, 0) is 13.2 Å². The minimum absolute atomic E-state index is 0.0590. The van der Waals surface area contributed by atoms with E-state index in [2.05, 4.69) is 5.32 Å². The molecule has 0 radical (unpaired) electrons. The van der Waals surface area contributed by atoms with Crippen LogP contribution >= 0.6 is 0 Å². The van der Waals surface area contributed by atoms with Crippen molar-refractivity contribution < 1.29 is 14.1 Å². The first kappa shape index (κ1) is 14.9. The Labute approximate surface area is 121 Å². The number of nitrogens with one attached hydrogen (secondary N) is 1. The predicted molar refractivity (Wildman–Crippen MR) is 76.6 cm³/mol. The molecule has 0 fully saturated rings. The fraction of sp³-hybridized carbons (Fsp3) is 0.200. The lowest BCUT2D eigenvalue weighted by Gasteiger charge is -2.09. The molecule has 0 atom stereocenters. The Kier molecular flexibility index (Phi) is 4.84. The Bertz CT molecular complexity index is 647. The monoisotopic (exact) mass is 290 g/mol. The molecule has 0 unspecified atom stereocenters. The van der Waals surface area contributed by atoms with E-state index in [9.17, 15) is 14.5 Å². The van der Waals surface area contributed by atoms with E-state index in [1.165, 1.54) is 12.1 Å². The predicted octanol–water partition coefficient (Wildman–Crippen LogP) is 3.03. The van der Waals surface area contributed by atoms with Crippen molar-refractivity contribution in [2.24, 2.45) is 0 Å². The number of nitro benzene ring substituents is 1. The molecular formula is C15H15FN2O3. The highest BCUT2D eigenvalue weighted by Gasteiger charge is 2.16. The van der Waals surface area contributed by atoms with Gasteiger partial charge in [0.1, 0.15) is 12.4 Å². The highest BCUT2D eigenvalue weighted by atomic mass is 19.1. The largest absolute Gasteiger partial charge is 0.482 e. The summed E-state index contributed by atoms with van der Waals surface area (Å²) in [4.78, 5) is 10.5. The van der Waals surface area contributed by atoms with E-state index in [1.807, 2.05) is 0 Å². The second-order valence-electron chi connectivity index (χ2n) is 4.47. The Hall–Kier alpha value is -2.47. The first-order valence-corrected chi connectivity index (χ1v) is 6.40. The number of rotatable bonds is 6. The molecule has 0 amide bonds. The normalized spacial score (nSPS) is 10.4. The average molecular weight is 290 g/mol. The van der Waals surface area contributed by atoms with Gasteiger partial charge in [0.2, 0.25) is 0 Å². The summed E-state index contributed by atoms with van der Waals surface area (Å²) in [5, 5.41) is 14.0. The van der Waals surface area contributed by atoms with Gasteiger partial charge in [0.25, 0.3) is 0 Å². The van der Waals surface area contributed by atoms with E-state index in [0.717, 1.165) is 5.56 Å². The van der Waals surface area contributed by atoms with Crippen molar-refractivity contribution in [2.45, 2.75) is 13.2 Å². The topological polar surface area (TPSA) is 64.4 Å². The van der Waals surface area contributed by atoms with Gasteiger partial charge in [-0.25, -0.2) is 4.39 Å². The lowest BCUT2D eigenvalue weighted by atomic mass is 10.2. The maximum Gasteiger partial charge on any atom is 0.310 e. The van der Waals surface area contributed by atoms with E-state index >= 15 is 0 Å². The van der Waals surface area contributed by atoms with Crippen molar-refractivity contribution in [3.05, 3.63) is 69.5 Å². The van der Waals surface area contributed by atoms with Crippen LogP contribution < -0.4 is 10.1 Å². The highest BCUT2D eigenvalue weighted by Crippen LogP contribution is 2.29. The molecule has 2 rings (SSSR count). The molecule has 1 N–H and O–H groups in total. The Morgan fingerprint density at radius 1 is 1.29 bits per heavy atom. The van der Waals surface area contributed by atoms with Gasteiger partial charge in [0.05, 0.1) is 4.92 Å². The van der Waals surface area contributed by atoms with Gasteiger partial charge < -0.3 is 10.1 Å². The van der Waals surface area contributed by atoms with Crippen LogP contribution in [0.25, 0.3) is 0 Å². The number of hydrogen-bond acceptors (Lipinski definition) is 4. The zero-order valence-electron chi connectivity index (χ0n) is 11.5. The Morgan fingerprint density at radius 3 is 2.71 bits per heavy atom. The molecule has 0 spiro atoms. The van der Waals surface area contributed by atoms with Crippen LogP contribution in [0, 0.1) is 15.9 Å². The number of nitro groups is 1. The lowest BCUT2D eigenvalue weighted by Crippen LogP contribution is -2.06. The molecule has 2 aromatic carbocycles. The summed E-state index contributed by atoms with van der Waals surface area (Å²) in [7, 11) is 1.78. The molecule has 0 aliphatic rings. The third-order valence-corrected chi connectivity index (χ3v) is 2.94. The quantitative estimate of drug-likeness (QED) is 0.656. The number of ether oxygens (including phenoxy) is 1. The molecular weight excluding hydrogens is 275 g/mol. The van der Waals surface area contributed by atoms with Crippen LogP contribution in [0.2, 0.25) is 0 Å². The molecule has 110 valence electrons. The highest BCUT2D eigenvalue weighted by molar-refractivity contribution is 5.48. The third-order valence-electron chi connectivity index (χ3n) is 2.94. The van der Waals surface area contributed by atoms with Crippen molar-refractivity contribution in [1.82, 2.24) is 5.32 Å². The standard InChI is InChI=1S/C15H15FN2O3/c1-17-9-11-6-7-14(18(19)20)15(8-11)21-10-12-4-2-3-5-13(12)16/h2-8,17H,9-10H2,1H3. The average Bonchev–Trinajstić information content (AvgIpc) is 2.46. The van der Waals surface area contributed by atoms with Gasteiger partial charge in [-0.1, -0.05) is 24.3 Å². The first-order valence-electron chi connectivity index (χ1n) is 6.40. The van der Waals surface area contributed by atoms with Gasteiger partial charge in [-0.15, -0.1) is 0 Å². The number of halogens is 1. The number of hydrogen-bond donors (Lipinski definition) is 1. The van der Waals surface area contributed by atoms with Gasteiger partial charge in [-0.3, -0.25) is 10.1 Å². The van der Waals surface area contributed by atoms with Crippen molar-refractivity contribution in [1.29, 1.82) is 0 Å². The van der Waals surface area contributed by atoms with Crippen molar-refractivity contribution in [3.63, 3.8) is 0 Å². The van der Waals surface area contributed by atoms with E-state index in [4.69, 9.17) is 4.74 Å². The molecule has 21 heavy (non-hydrogen) atoms. The zero-order chi connectivity index (χ0) is 15.2. The summed E-state index contributed by atoms with van der Waals surface area (Å²) < 4.78 is 19.0. The van der Waals surface area contributed by atoms with Crippen LogP contribution in [-0.4, -0.2) is 12.0 Å². The van der Waals surface area contributed by atoms with Crippen LogP contribution in [0.3, 0.4) is 0 Å². The fourth-order valence-corrected chi connectivity index (χ4v) is 1.91. The second kappa shape index (κ2) is 6.81. The zero-order valence-corrected chi connectivity index (χ0v) is 11.5. The minimum atomic E-state index is -0.514. The molecule has 0 aromatic heterocycles. The van der Waals surface area contributed by atoms with Crippen molar-refractivity contribution in [3.8, 4) is 5.75 Å². The maximum absolute atomic E-state index is 13.5. The van der Waals surface area contributed by atoms with Crippen LogP contribution in [0.15, 0.2) is 42.5 Å². The second-order valence-corrected chi connectivity index (χ2v) is 4.47. The van der Waals surface area contributed by atoms with Crippen LogP contribution in [0.4, 0.5) is 10.1 Å². The van der Waals surface area contributed by atoms with Crippen LogP contribution in [0.5, 0.6) is 5.75 Å². The summed E-state index contributed by atoms with van der Waals surface area (Å²) in [6.07, 6.45) is 0. The molecule has 0 heterocycles. The maximum atomic E-state index is 13.5. The lowest BCUT2D eigenvalue weighted by molar-refractivity contribution is -0.386. The van der Waals surface area contributed by atoms with Gasteiger partial charge in [-0.05, 0) is 24.7 Å². The van der Waals surface area contributed by atoms with E-state index < -0.39 is 10.7 Å². The van der Waals surface area contributed by atoms with E-state index in [-0.39, 0.29) is 18.0 Å². The van der Waals surface area contributed by atoms with Gasteiger partial charge in [0.15, 0.2) is 5.75 Å². The molecule has 5 nitrogen and oxygen atoms in total.